The van der Waals surface area contributed by atoms with E-state index in [1.807, 2.05) is 36.4 Å². The molecule has 0 aliphatic carbocycles. The number of fused-ring (bicyclic) bond motifs is 1. The molecule has 2 aromatic carbocycles. The molecule has 2 aromatic rings. The largest absolute Gasteiger partial charge is 0.420 e. The zero-order chi connectivity index (χ0) is 17.2. The molecule has 0 amide bonds. The van der Waals surface area contributed by atoms with Crippen LogP contribution < -0.4 is 5.30 Å². The molecule has 1 atom stereocenters. The van der Waals surface area contributed by atoms with Crippen LogP contribution in [-0.2, 0) is 13.6 Å². The summed E-state index contributed by atoms with van der Waals surface area (Å²) in [5.74, 6) is 0.571. The minimum absolute atomic E-state index is 0.280. The monoisotopic (exact) mass is 360 g/mol. The van der Waals surface area contributed by atoms with Crippen molar-refractivity contribution in [3.63, 3.8) is 0 Å². The zero-order valence-electron chi connectivity index (χ0n) is 13.4. The summed E-state index contributed by atoms with van der Waals surface area (Å²) in [5, 5.41) is 1.01. The summed E-state index contributed by atoms with van der Waals surface area (Å²) in [6, 6.07) is 14.9. The van der Waals surface area contributed by atoms with Gasteiger partial charge in [-0.2, -0.15) is 0 Å². The van der Waals surface area contributed by atoms with Gasteiger partial charge in [-0.05, 0) is 31.0 Å². The maximum atomic E-state index is 13.4. The van der Waals surface area contributed by atoms with Crippen molar-refractivity contribution in [2.24, 2.45) is 0 Å². The van der Waals surface area contributed by atoms with Gasteiger partial charge in [-0.15, -0.1) is 6.58 Å². The molecule has 0 radical (unpaired) electrons. The number of benzene rings is 2. The molecule has 1 unspecified atom stereocenters. The molecule has 124 valence electrons. The zero-order valence-corrected chi connectivity index (χ0v) is 15.0. The van der Waals surface area contributed by atoms with Crippen LogP contribution >= 0.6 is 19.2 Å². The lowest BCUT2D eigenvalue weighted by Crippen LogP contribution is -2.20. The molecule has 1 aliphatic heterocycles. The predicted molar refractivity (Wildman–Crippen MR) is 99.5 cm³/mol. The van der Waals surface area contributed by atoms with E-state index in [4.69, 9.17) is 20.6 Å². The molecule has 24 heavy (non-hydrogen) atoms. The first kappa shape index (κ1) is 17.0. The molecule has 0 aromatic heterocycles. The third kappa shape index (κ3) is 3.08. The highest BCUT2D eigenvalue weighted by Gasteiger charge is 2.39. The molecule has 0 fully saturated rings. The van der Waals surface area contributed by atoms with Crippen LogP contribution in [0, 0.1) is 0 Å². The van der Waals surface area contributed by atoms with Crippen LogP contribution in [0.3, 0.4) is 0 Å². The highest BCUT2D eigenvalue weighted by atomic mass is 35.5. The Morgan fingerprint density at radius 1 is 1.25 bits per heavy atom. The first-order chi connectivity index (χ1) is 11.6. The van der Waals surface area contributed by atoms with E-state index in [1.54, 1.807) is 25.1 Å². The fourth-order valence-electron chi connectivity index (χ4n) is 2.76. The van der Waals surface area contributed by atoms with E-state index >= 15 is 0 Å². The molecular formula is C19H18ClO3P. The standard InChI is InChI=1S/C19H18ClO3P/c1-3-8-17-16-12-11-15(20)13-18(16)24(21,22-4-2)23-19(17)14-9-6-5-7-10-14/h3,5-7,9-13H,1,4,8H2,2H3. The maximum absolute atomic E-state index is 13.4. The lowest BCUT2D eigenvalue weighted by atomic mass is 9.98. The van der Waals surface area contributed by atoms with Crippen molar-refractivity contribution in [2.45, 2.75) is 13.3 Å². The van der Waals surface area contributed by atoms with Gasteiger partial charge in [-0.25, -0.2) is 4.57 Å². The average Bonchev–Trinajstić information content (AvgIpc) is 2.59. The second-order valence-electron chi connectivity index (χ2n) is 5.33. The van der Waals surface area contributed by atoms with E-state index in [0.717, 1.165) is 16.7 Å². The Hall–Kier alpha value is -1.80. The Balaban J connectivity index is 2.28. The fraction of sp³-hybridized carbons (Fsp3) is 0.158. The lowest BCUT2D eigenvalue weighted by molar-refractivity contribution is 0.279. The van der Waals surface area contributed by atoms with Gasteiger partial charge >= 0.3 is 7.60 Å². The van der Waals surface area contributed by atoms with Crippen LogP contribution in [0.1, 0.15) is 24.5 Å². The van der Waals surface area contributed by atoms with Gasteiger partial charge in [-0.3, -0.25) is 4.52 Å². The Morgan fingerprint density at radius 3 is 2.67 bits per heavy atom. The van der Waals surface area contributed by atoms with Crippen LogP contribution in [0.5, 0.6) is 0 Å². The number of hydrogen-bond donors (Lipinski definition) is 0. The summed E-state index contributed by atoms with van der Waals surface area (Å²) in [5.41, 5.74) is 2.62. The summed E-state index contributed by atoms with van der Waals surface area (Å²) < 4.78 is 24.9. The molecule has 0 N–H and O–H groups in total. The summed E-state index contributed by atoms with van der Waals surface area (Å²) in [6.45, 7) is 5.90. The van der Waals surface area contributed by atoms with Gasteiger partial charge in [0.1, 0.15) is 5.76 Å². The fourth-order valence-corrected chi connectivity index (χ4v) is 4.90. The minimum Gasteiger partial charge on any atom is -0.420 e. The molecule has 0 saturated heterocycles. The summed E-state index contributed by atoms with van der Waals surface area (Å²) in [4.78, 5) is 0. The van der Waals surface area contributed by atoms with E-state index in [0.29, 0.717) is 22.5 Å². The van der Waals surface area contributed by atoms with Gasteiger partial charge < -0.3 is 4.52 Å². The summed E-state index contributed by atoms with van der Waals surface area (Å²) in [6.07, 6.45) is 2.39. The third-order valence-electron chi connectivity index (χ3n) is 3.75. The van der Waals surface area contributed by atoms with Crippen LogP contribution in [0.15, 0.2) is 61.2 Å². The molecule has 0 spiro atoms. The van der Waals surface area contributed by atoms with Crippen molar-refractivity contribution in [3.8, 4) is 0 Å². The Morgan fingerprint density at radius 2 is 2.00 bits per heavy atom. The molecule has 1 heterocycles. The highest BCUT2D eigenvalue weighted by Crippen LogP contribution is 2.57. The van der Waals surface area contributed by atoms with Gasteiger partial charge in [0, 0.05) is 16.2 Å². The van der Waals surface area contributed by atoms with Crippen molar-refractivity contribution in [3.05, 3.63) is 77.3 Å². The summed E-state index contributed by atoms with van der Waals surface area (Å²) >= 11 is 6.11. The van der Waals surface area contributed by atoms with Crippen LogP contribution in [0.4, 0.5) is 0 Å². The van der Waals surface area contributed by atoms with E-state index in [9.17, 15) is 4.57 Å². The second-order valence-corrected chi connectivity index (χ2v) is 7.69. The van der Waals surface area contributed by atoms with Crippen LogP contribution in [0.2, 0.25) is 5.02 Å². The predicted octanol–water partition coefficient (Wildman–Crippen LogP) is 5.67. The smallest absolute Gasteiger partial charge is 0.411 e. The minimum atomic E-state index is -3.49. The first-order valence-electron chi connectivity index (χ1n) is 7.73. The molecular weight excluding hydrogens is 343 g/mol. The molecule has 3 nitrogen and oxygen atoms in total. The molecule has 5 heteroatoms. The molecule has 1 aliphatic rings. The van der Waals surface area contributed by atoms with Crippen molar-refractivity contribution >= 4 is 35.8 Å². The number of hydrogen-bond acceptors (Lipinski definition) is 3. The van der Waals surface area contributed by atoms with E-state index < -0.39 is 7.60 Å². The Kier molecular flexibility index (Phi) is 4.96. The van der Waals surface area contributed by atoms with Crippen molar-refractivity contribution in [2.75, 3.05) is 6.61 Å². The van der Waals surface area contributed by atoms with Crippen molar-refractivity contribution in [1.82, 2.24) is 0 Å². The van der Waals surface area contributed by atoms with Gasteiger partial charge in [0.2, 0.25) is 0 Å². The molecule has 3 rings (SSSR count). The first-order valence-corrected chi connectivity index (χ1v) is 9.65. The Labute approximate surface area is 147 Å². The molecule has 0 bridgehead atoms. The van der Waals surface area contributed by atoms with E-state index in [2.05, 4.69) is 6.58 Å². The number of rotatable bonds is 5. The maximum Gasteiger partial charge on any atom is 0.411 e. The SMILES string of the molecule is C=CCC1=C(c2ccccc2)OP(=O)(OCC)c2cc(Cl)ccc21. The average molecular weight is 361 g/mol. The van der Waals surface area contributed by atoms with Gasteiger partial charge in [0.15, 0.2) is 0 Å². The number of halogens is 1. The second kappa shape index (κ2) is 6.98. The van der Waals surface area contributed by atoms with Crippen LogP contribution in [0.25, 0.3) is 11.3 Å². The lowest BCUT2D eigenvalue weighted by Gasteiger charge is -2.30. The Bertz CT molecular complexity index is 843. The number of allylic oxidation sites excluding steroid dienone is 2. The van der Waals surface area contributed by atoms with Gasteiger partial charge in [0.05, 0.1) is 11.9 Å². The highest BCUT2D eigenvalue weighted by molar-refractivity contribution is 7.62. The van der Waals surface area contributed by atoms with E-state index in [-0.39, 0.29) is 6.61 Å². The summed E-state index contributed by atoms with van der Waals surface area (Å²) in [7, 11) is -3.49. The van der Waals surface area contributed by atoms with Crippen molar-refractivity contribution < 1.29 is 13.6 Å². The normalized spacial score (nSPS) is 19.6. The van der Waals surface area contributed by atoms with Gasteiger partial charge in [0.25, 0.3) is 0 Å². The third-order valence-corrected chi connectivity index (χ3v) is 5.97. The van der Waals surface area contributed by atoms with E-state index in [1.165, 1.54) is 0 Å². The quantitative estimate of drug-likeness (QED) is 0.509. The van der Waals surface area contributed by atoms with Gasteiger partial charge in [-0.1, -0.05) is 54.1 Å². The topological polar surface area (TPSA) is 35.5 Å². The van der Waals surface area contributed by atoms with Crippen LogP contribution in [-0.4, -0.2) is 6.61 Å². The van der Waals surface area contributed by atoms with Crippen molar-refractivity contribution in [1.29, 1.82) is 0 Å². The molecule has 0 saturated carbocycles.